The van der Waals surface area contributed by atoms with Gasteiger partial charge in [0.25, 0.3) is 5.91 Å². The molecule has 2 nitrogen and oxygen atoms in total. The lowest BCUT2D eigenvalue weighted by molar-refractivity contribution is -0.137. The molecule has 0 unspecified atom stereocenters. The summed E-state index contributed by atoms with van der Waals surface area (Å²) >= 11 is 5.54. The number of carbonyl (C=O) groups is 1. The van der Waals surface area contributed by atoms with Gasteiger partial charge in [0.05, 0.1) is 10.6 Å². The Morgan fingerprint density at radius 1 is 1.09 bits per heavy atom. The normalized spacial score (nSPS) is 11.6. The van der Waals surface area contributed by atoms with Gasteiger partial charge in [0, 0.05) is 11.3 Å². The maximum Gasteiger partial charge on any atom is 0.417 e. The highest BCUT2D eigenvalue weighted by Gasteiger charge is 2.33. The summed E-state index contributed by atoms with van der Waals surface area (Å²) in [5, 5.41) is 2.14. The predicted molar refractivity (Wildman–Crippen MR) is 84.9 cm³/mol. The molecule has 0 atom stereocenters. The summed E-state index contributed by atoms with van der Waals surface area (Å²) in [6, 6.07) is 10.2. The van der Waals surface area contributed by atoms with Crippen molar-refractivity contribution in [3.63, 3.8) is 0 Å². The number of hydrogen-bond acceptors (Lipinski definition) is 1. The number of halogens is 4. The number of nitrogens with one attached hydrogen (secondary N) is 1. The molecule has 0 aliphatic heterocycles. The number of alkyl halides is 3. The zero-order valence-corrected chi connectivity index (χ0v) is 13.3. The minimum absolute atomic E-state index is 0.102. The SMILES string of the molecule is CC(C)c1ccc(NC(=O)c2ccc(Cl)c(C(F)(F)F)c2)cc1. The van der Waals surface area contributed by atoms with Crippen LogP contribution in [0.2, 0.25) is 5.02 Å². The van der Waals surface area contributed by atoms with Crippen molar-refractivity contribution in [1.82, 2.24) is 0 Å². The van der Waals surface area contributed by atoms with Crippen LogP contribution < -0.4 is 5.32 Å². The number of anilines is 1. The Bertz CT molecular complexity index is 709. The molecular formula is C17H15ClF3NO. The molecule has 1 amide bonds. The fraction of sp³-hybridized carbons (Fsp3) is 0.235. The minimum atomic E-state index is -4.60. The van der Waals surface area contributed by atoms with Gasteiger partial charge in [-0.05, 0) is 41.8 Å². The quantitative estimate of drug-likeness (QED) is 0.758. The molecule has 2 rings (SSSR count). The Kier molecular flexibility index (Phi) is 5.00. The van der Waals surface area contributed by atoms with Gasteiger partial charge >= 0.3 is 6.18 Å². The minimum Gasteiger partial charge on any atom is -0.322 e. The standard InChI is InChI=1S/C17H15ClF3NO/c1-10(2)11-3-6-13(7-4-11)22-16(23)12-5-8-15(18)14(9-12)17(19,20)21/h3-10H,1-2H3,(H,22,23). The lowest BCUT2D eigenvalue weighted by atomic mass is 10.0. The lowest BCUT2D eigenvalue weighted by Crippen LogP contribution is -2.14. The van der Waals surface area contributed by atoms with Crippen molar-refractivity contribution in [2.45, 2.75) is 25.9 Å². The molecule has 0 spiro atoms. The molecule has 6 heteroatoms. The van der Waals surface area contributed by atoms with Gasteiger partial charge < -0.3 is 5.32 Å². The third-order valence-electron chi connectivity index (χ3n) is 3.37. The summed E-state index contributed by atoms with van der Waals surface area (Å²) in [7, 11) is 0. The van der Waals surface area contributed by atoms with Crippen LogP contribution in [0.1, 0.15) is 41.3 Å². The van der Waals surface area contributed by atoms with Crippen molar-refractivity contribution in [1.29, 1.82) is 0 Å². The molecule has 0 aliphatic rings. The summed E-state index contributed by atoms with van der Waals surface area (Å²) in [6.45, 7) is 4.08. The average Bonchev–Trinajstić information content (AvgIpc) is 2.47. The number of carbonyl (C=O) groups excluding carboxylic acids is 1. The Morgan fingerprint density at radius 3 is 2.22 bits per heavy atom. The van der Waals surface area contributed by atoms with E-state index in [1.807, 2.05) is 26.0 Å². The first-order valence-corrected chi connectivity index (χ1v) is 7.34. The van der Waals surface area contributed by atoms with Crippen LogP contribution in [0.3, 0.4) is 0 Å². The van der Waals surface area contributed by atoms with Crippen molar-refractivity contribution >= 4 is 23.2 Å². The van der Waals surface area contributed by atoms with Crippen LogP contribution in [0.15, 0.2) is 42.5 Å². The molecule has 0 aromatic heterocycles. The zero-order chi connectivity index (χ0) is 17.2. The molecule has 0 heterocycles. The van der Waals surface area contributed by atoms with Gasteiger partial charge in [-0.15, -0.1) is 0 Å². The Morgan fingerprint density at radius 2 is 1.70 bits per heavy atom. The molecule has 122 valence electrons. The second-order valence-corrected chi connectivity index (χ2v) is 5.83. The van der Waals surface area contributed by atoms with Crippen molar-refractivity contribution in [2.75, 3.05) is 5.32 Å². The van der Waals surface area contributed by atoms with Crippen LogP contribution in [0.5, 0.6) is 0 Å². The Hall–Kier alpha value is -2.01. The highest BCUT2D eigenvalue weighted by atomic mass is 35.5. The van der Waals surface area contributed by atoms with E-state index in [1.165, 1.54) is 6.07 Å². The van der Waals surface area contributed by atoms with Crippen molar-refractivity contribution in [3.8, 4) is 0 Å². The van der Waals surface area contributed by atoms with Crippen LogP contribution in [-0.4, -0.2) is 5.91 Å². The van der Waals surface area contributed by atoms with Crippen molar-refractivity contribution < 1.29 is 18.0 Å². The zero-order valence-electron chi connectivity index (χ0n) is 12.5. The van der Waals surface area contributed by atoms with E-state index in [2.05, 4.69) is 5.32 Å². The maximum atomic E-state index is 12.8. The van der Waals surface area contributed by atoms with Gasteiger partial charge in [0.2, 0.25) is 0 Å². The fourth-order valence-electron chi connectivity index (χ4n) is 2.04. The summed E-state index contributed by atoms with van der Waals surface area (Å²) in [5.41, 5.74) is 0.494. The average molecular weight is 342 g/mol. The molecule has 23 heavy (non-hydrogen) atoms. The van der Waals surface area contributed by atoms with E-state index in [0.29, 0.717) is 11.6 Å². The van der Waals surface area contributed by atoms with Crippen LogP contribution in [-0.2, 0) is 6.18 Å². The molecule has 0 bridgehead atoms. The van der Waals surface area contributed by atoms with Crippen LogP contribution in [0.4, 0.5) is 18.9 Å². The molecule has 0 saturated carbocycles. The number of benzene rings is 2. The number of rotatable bonds is 3. The highest BCUT2D eigenvalue weighted by molar-refractivity contribution is 6.31. The molecule has 2 aromatic carbocycles. The first-order chi connectivity index (χ1) is 10.7. The van der Waals surface area contributed by atoms with E-state index < -0.39 is 22.7 Å². The largest absolute Gasteiger partial charge is 0.417 e. The number of amides is 1. The Labute approximate surface area is 137 Å². The first-order valence-electron chi connectivity index (χ1n) is 6.96. The molecular weight excluding hydrogens is 327 g/mol. The molecule has 0 radical (unpaired) electrons. The third kappa shape index (κ3) is 4.26. The second kappa shape index (κ2) is 6.62. The van der Waals surface area contributed by atoms with E-state index in [9.17, 15) is 18.0 Å². The van der Waals surface area contributed by atoms with E-state index in [0.717, 1.165) is 17.7 Å². The summed E-state index contributed by atoms with van der Waals surface area (Å²) in [4.78, 5) is 12.1. The smallest absolute Gasteiger partial charge is 0.322 e. The van der Waals surface area contributed by atoms with Crippen LogP contribution in [0, 0.1) is 0 Å². The van der Waals surface area contributed by atoms with Gasteiger partial charge in [0.15, 0.2) is 0 Å². The topological polar surface area (TPSA) is 29.1 Å². The van der Waals surface area contributed by atoms with Gasteiger partial charge in [-0.25, -0.2) is 0 Å². The number of hydrogen-bond donors (Lipinski definition) is 1. The van der Waals surface area contributed by atoms with Crippen LogP contribution >= 0.6 is 11.6 Å². The summed E-state index contributed by atoms with van der Waals surface area (Å²) in [6.07, 6.45) is -4.60. The lowest BCUT2D eigenvalue weighted by Gasteiger charge is -2.12. The summed E-state index contributed by atoms with van der Waals surface area (Å²) in [5.74, 6) is -0.269. The van der Waals surface area contributed by atoms with Gasteiger partial charge in [-0.1, -0.05) is 37.6 Å². The molecule has 0 saturated heterocycles. The van der Waals surface area contributed by atoms with Gasteiger partial charge in [0.1, 0.15) is 0 Å². The Balaban J connectivity index is 2.21. The van der Waals surface area contributed by atoms with Crippen molar-refractivity contribution in [2.24, 2.45) is 0 Å². The maximum absolute atomic E-state index is 12.8. The van der Waals surface area contributed by atoms with Crippen LogP contribution in [0.25, 0.3) is 0 Å². The third-order valence-corrected chi connectivity index (χ3v) is 3.70. The second-order valence-electron chi connectivity index (χ2n) is 5.42. The van der Waals surface area contributed by atoms with E-state index in [-0.39, 0.29) is 5.56 Å². The van der Waals surface area contributed by atoms with Gasteiger partial charge in [-0.2, -0.15) is 13.2 Å². The molecule has 0 aliphatic carbocycles. The fourth-order valence-corrected chi connectivity index (χ4v) is 2.26. The van der Waals surface area contributed by atoms with Crippen molar-refractivity contribution in [3.05, 3.63) is 64.2 Å². The van der Waals surface area contributed by atoms with Gasteiger partial charge in [-0.3, -0.25) is 4.79 Å². The highest BCUT2D eigenvalue weighted by Crippen LogP contribution is 2.35. The van der Waals surface area contributed by atoms with E-state index in [4.69, 9.17) is 11.6 Å². The predicted octanol–water partition coefficient (Wildman–Crippen LogP) is 5.73. The summed E-state index contributed by atoms with van der Waals surface area (Å²) < 4.78 is 38.5. The first kappa shape index (κ1) is 17.3. The molecule has 0 fully saturated rings. The molecule has 2 aromatic rings. The molecule has 1 N–H and O–H groups in total. The van der Waals surface area contributed by atoms with E-state index in [1.54, 1.807) is 12.1 Å². The van der Waals surface area contributed by atoms with E-state index >= 15 is 0 Å². The monoisotopic (exact) mass is 341 g/mol.